The molecule has 2 aromatic heterocycles. The molecule has 1 aliphatic heterocycles. The number of rotatable bonds is 4. The number of pyridine rings is 1. The van der Waals surface area contributed by atoms with E-state index in [-0.39, 0.29) is 11.8 Å². The number of aryl methyl sites for hydroxylation is 1. The van der Waals surface area contributed by atoms with E-state index in [9.17, 15) is 4.79 Å². The summed E-state index contributed by atoms with van der Waals surface area (Å²) in [7, 11) is 0. The van der Waals surface area contributed by atoms with Crippen LogP contribution in [-0.2, 0) is 11.3 Å². The third-order valence-corrected chi connectivity index (χ3v) is 4.72. The van der Waals surface area contributed by atoms with Crippen LogP contribution in [0.5, 0.6) is 5.75 Å². The van der Waals surface area contributed by atoms with Crippen LogP contribution < -0.4 is 10.1 Å². The van der Waals surface area contributed by atoms with E-state index < -0.39 is 0 Å². The van der Waals surface area contributed by atoms with E-state index in [1.54, 1.807) is 6.08 Å². The third-order valence-electron chi connectivity index (χ3n) is 4.72. The molecule has 1 amide bonds. The Labute approximate surface area is 152 Å². The van der Waals surface area contributed by atoms with Crippen LogP contribution in [0.1, 0.15) is 34.9 Å². The third kappa shape index (κ3) is 2.86. The molecule has 1 atom stereocenters. The fraction of sp³-hybridized carbons (Fsp3) is 0.238. The Balaban J connectivity index is 1.90. The first kappa shape index (κ1) is 16.4. The molecular weight excluding hydrogens is 326 g/mol. The molecule has 132 valence electrons. The highest BCUT2D eigenvalue weighted by molar-refractivity contribution is 5.78. The topological polar surface area (TPSA) is 55.6 Å². The van der Waals surface area contributed by atoms with Gasteiger partial charge >= 0.3 is 0 Å². The van der Waals surface area contributed by atoms with Crippen LogP contribution in [0, 0.1) is 6.92 Å². The van der Waals surface area contributed by atoms with E-state index in [4.69, 9.17) is 9.72 Å². The SMILES string of the molecule is C=CCOc1ccccc1[C@H]1CC(=O)NCc2nc3cc(C)ccn3c21. The number of para-hydroxylation sites is 1. The second-order valence-electron chi connectivity index (χ2n) is 6.55. The summed E-state index contributed by atoms with van der Waals surface area (Å²) in [6, 6.07) is 12.0. The smallest absolute Gasteiger partial charge is 0.221 e. The van der Waals surface area contributed by atoms with Gasteiger partial charge in [0.2, 0.25) is 5.91 Å². The van der Waals surface area contributed by atoms with E-state index in [1.165, 1.54) is 0 Å². The quantitative estimate of drug-likeness (QED) is 0.736. The highest BCUT2D eigenvalue weighted by atomic mass is 16.5. The average molecular weight is 347 g/mol. The van der Waals surface area contributed by atoms with Crippen molar-refractivity contribution in [1.29, 1.82) is 0 Å². The molecule has 1 N–H and O–H groups in total. The number of hydrogen-bond acceptors (Lipinski definition) is 3. The van der Waals surface area contributed by atoms with Crippen molar-refractivity contribution in [3.63, 3.8) is 0 Å². The van der Waals surface area contributed by atoms with Crippen molar-refractivity contribution in [1.82, 2.24) is 14.7 Å². The van der Waals surface area contributed by atoms with Crippen molar-refractivity contribution in [3.8, 4) is 5.75 Å². The number of fused-ring (bicyclic) bond motifs is 3. The lowest BCUT2D eigenvalue weighted by Crippen LogP contribution is -2.21. The fourth-order valence-corrected chi connectivity index (χ4v) is 3.56. The molecule has 0 aliphatic carbocycles. The Kier molecular flexibility index (Phi) is 4.21. The number of amides is 1. The Hall–Kier alpha value is -3.08. The highest BCUT2D eigenvalue weighted by Gasteiger charge is 2.30. The number of carbonyl (C=O) groups is 1. The van der Waals surface area contributed by atoms with Gasteiger partial charge in [-0.2, -0.15) is 0 Å². The molecule has 0 fully saturated rings. The zero-order chi connectivity index (χ0) is 18.1. The van der Waals surface area contributed by atoms with Gasteiger partial charge in [-0.05, 0) is 30.7 Å². The fourth-order valence-electron chi connectivity index (χ4n) is 3.56. The van der Waals surface area contributed by atoms with Gasteiger partial charge in [0.1, 0.15) is 18.0 Å². The summed E-state index contributed by atoms with van der Waals surface area (Å²) in [5, 5.41) is 2.97. The number of imidazole rings is 1. The largest absolute Gasteiger partial charge is 0.489 e. The molecule has 0 spiro atoms. The standard InChI is InChI=1S/C21H21N3O2/c1-3-10-26-18-7-5-4-6-15(18)16-12-20(25)22-13-17-21(16)24-9-8-14(2)11-19(24)23-17/h3-9,11,16H,1,10,12-13H2,2H3,(H,22,25)/t16-/m1/s1. The molecule has 1 aromatic carbocycles. The molecule has 3 aromatic rings. The maximum absolute atomic E-state index is 12.3. The molecule has 26 heavy (non-hydrogen) atoms. The first-order valence-electron chi connectivity index (χ1n) is 8.74. The van der Waals surface area contributed by atoms with Crippen molar-refractivity contribution in [2.24, 2.45) is 0 Å². The minimum absolute atomic E-state index is 0.0207. The minimum atomic E-state index is -0.119. The number of aromatic nitrogens is 2. The van der Waals surface area contributed by atoms with Gasteiger partial charge in [0.05, 0.1) is 17.9 Å². The number of nitrogens with zero attached hydrogens (tertiary/aromatic N) is 2. The molecule has 1 aliphatic rings. The predicted molar refractivity (Wildman–Crippen MR) is 100 cm³/mol. The van der Waals surface area contributed by atoms with Crippen LogP contribution in [0.2, 0.25) is 0 Å². The summed E-state index contributed by atoms with van der Waals surface area (Å²) < 4.78 is 7.95. The van der Waals surface area contributed by atoms with Crippen LogP contribution in [0.3, 0.4) is 0 Å². The number of carbonyl (C=O) groups excluding carboxylic acids is 1. The van der Waals surface area contributed by atoms with Gasteiger partial charge in [0, 0.05) is 24.1 Å². The highest BCUT2D eigenvalue weighted by Crippen LogP contribution is 2.37. The molecule has 4 rings (SSSR count). The van der Waals surface area contributed by atoms with Crippen molar-refractivity contribution in [2.75, 3.05) is 6.61 Å². The maximum atomic E-state index is 12.3. The van der Waals surface area contributed by atoms with Crippen molar-refractivity contribution in [2.45, 2.75) is 25.8 Å². The summed E-state index contributed by atoms with van der Waals surface area (Å²) in [5.41, 5.74) is 5.02. The lowest BCUT2D eigenvalue weighted by atomic mass is 9.91. The molecule has 0 saturated carbocycles. The second-order valence-corrected chi connectivity index (χ2v) is 6.55. The molecular formula is C21H21N3O2. The van der Waals surface area contributed by atoms with E-state index in [0.717, 1.165) is 33.9 Å². The van der Waals surface area contributed by atoms with E-state index >= 15 is 0 Å². The van der Waals surface area contributed by atoms with Gasteiger partial charge in [-0.15, -0.1) is 0 Å². The van der Waals surface area contributed by atoms with E-state index in [1.807, 2.05) is 30.5 Å². The van der Waals surface area contributed by atoms with Gasteiger partial charge in [-0.1, -0.05) is 30.9 Å². The molecule has 0 unspecified atom stereocenters. The first-order chi connectivity index (χ1) is 12.7. The van der Waals surface area contributed by atoms with Crippen LogP contribution in [0.15, 0.2) is 55.3 Å². The Morgan fingerprint density at radius 3 is 3.08 bits per heavy atom. The molecule has 3 heterocycles. The Morgan fingerprint density at radius 2 is 2.23 bits per heavy atom. The van der Waals surface area contributed by atoms with Crippen molar-refractivity contribution >= 4 is 11.6 Å². The summed E-state index contributed by atoms with van der Waals surface area (Å²) >= 11 is 0. The van der Waals surface area contributed by atoms with Crippen molar-refractivity contribution < 1.29 is 9.53 Å². The summed E-state index contributed by atoms with van der Waals surface area (Å²) in [5.74, 6) is 0.679. The second kappa shape index (κ2) is 6.67. The molecule has 5 heteroatoms. The zero-order valence-corrected chi connectivity index (χ0v) is 14.7. The van der Waals surface area contributed by atoms with E-state index in [0.29, 0.717) is 19.6 Å². The Bertz CT molecular complexity index is 990. The predicted octanol–water partition coefficient (Wildman–Crippen LogP) is 3.36. The summed E-state index contributed by atoms with van der Waals surface area (Å²) in [6.07, 6.45) is 4.12. The van der Waals surface area contributed by atoms with Crippen molar-refractivity contribution in [3.05, 3.63) is 77.8 Å². The normalized spacial score (nSPS) is 16.7. The molecule has 0 bridgehead atoms. The number of nitrogens with one attached hydrogen (secondary N) is 1. The summed E-state index contributed by atoms with van der Waals surface area (Å²) in [4.78, 5) is 17.1. The van der Waals surface area contributed by atoms with E-state index in [2.05, 4.69) is 35.4 Å². The number of ether oxygens (including phenoxy) is 1. The summed E-state index contributed by atoms with van der Waals surface area (Å²) in [6.45, 7) is 6.64. The maximum Gasteiger partial charge on any atom is 0.221 e. The van der Waals surface area contributed by atoms with Gasteiger partial charge in [0.25, 0.3) is 0 Å². The van der Waals surface area contributed by atoms with Gasteiger partial charge in [-0.25, -0.2) is 4.98 Å². The lowest BCUT2D eigenvalue weighted by molar-refractivity contribution is -0.121. The number of hydrogen-bond donors (Lipinski definition) is 1. The monoisotopic (exact) mass is 347 g/mol. The first-order valence-corrected chi connectivity index (χ1v) is 8.74. The minimum Gasteiger partial charge on any atom is -0.489 e. The van der Waals surface area contributed by atoms with Crippen LogP contribution in [0.4, 0.5) is 0 Å². The van der Waals surface area contributed by atoms with Gasteiger partial charge in [-0.3, -0.25) is 4.79 Å². The van der Waals surface area contributed by atoms with Crippen LogP contribution in [0.25, 0.3) is 5.65 Å². The average Bonchev–Trinajstić information content (AvgIpc) is 2.91. The van der Waals surface area contributed by atoms with Gasteiger partial charge in [0.15, 0.2) is 0 Å². The van der Waals surface area contributed by atoms with Gasteiger partial charge < -0.3 is 14.5 Å². The molecule has 5 nitrogen and oxygen atoms in total. The zero-order valence-electron chi connectivity index (χ0n) is 14.7. The lowest BCUT2D eigenvalue weighted by Gasteiger charge is -2.19. The van der Waals surface area contributed by atoms with Crippen LogP contribution >= 0.6 is 0 Å². The van der Waals surface area contributed by atoms with Crippen LogP contribution in [-0.4, -0.2) is 21.9 Å². The Morgan fingerprint density at radius 1 is 1.38 bits per heavy atom. The molecule has 0 saturated heterocycles. The molecule has 0 radical (unpaired) electrons. The number of benzene rings is 1.